The van der Waals surface area contributed by atoms with Crippen LogP contribution in [0.4, 0.5) is 0 Å². The molecule has 0 saturated carbocycles. The molecule has 7 heteroatoms. The summed E-state index contributed by atoms with van der Waals surface area (Å²) in [6.45, 7) is 9.25. The smallest absolute Gasteiger partial charge is 0.274 e. The van der Waals surface area contributed by atoms with Gasteiger partial charge in [-0.1, -0.05) is 32.9 Å². The Labute approximate surface area is 171 Å². The summed E-state index contributed by atoms with van der Waals surface area (Å²) in [4.78, 5) is 14.3. The Morgan fingerprint density at radius 1 is 1.17 bits per heavy atom. The van der Waals surface area contributed by atoms with E-state index in [0.717, 1.165) is 17.0 Å². The van der Waals surface area contributed by atoms with Crippen molar-refractivity contribution in [3.05, 3.63) is 65.2 Å². The number of ether oxygens (including phenoxy) is 1. The lowest BCUT2D eigenvalue weighted by molar-refractivity contribution is 0.0777. The monoisotopic (exact) mass is 395 g/mol. The molecule has 0 aliphatic carbocycles. The van der Waals surface area contributed by atoms with Gasteiger partial charge in [0.1, 0.15) is 5.75 Å². The Balaban J connectivity index is 1.58. The van der Waals surface area contributed by atoms with Crippen molar-refractivity contribution in [2.75, 3.05) is 7.05 Å². The number of hydrogen-bond acceptors (Lipinski definition) is 4. The van der Waals surface area contributed by atoms with E-state index >= 15 is 0 Å². The van der Waals surface area contributed by atoms with Gasteiger partial charge in [0, 0.05) is 38.1 Å². The molecule has 0 N–H and O–H groups in total. The van der Waals surface area contributed by atoms with E-state index in [9.17, 15) is 4.79 Å². The highest BCUT2D eigenvalue weighted by Gasteiger charge is 2.17. The molecule has 0 saturated heterocycles. The van der Waals surface area contributed by atoms with Crippen molar-refractivity contribution >= 4 is 5.91 Å². The van der Waals surface area contributed by atoms with Crippen LogP contribution in [0.1, 0.15) is 48.1 Å². The molecular weight excluding hydrogens is 366 g/mol. The van der Waals surface area contributed by atoms with Crippen LogP contribution in [-0.4, -0.2) is 37.4 Å². The number of nitrogens with zero attached hydrogens (tertiary/aromatic N) is 5. The Hall–Kier alpha value is -3.09. The third kappa shape index (κ3) is 4.85. The molecule has 0 spiro atoms. The van der Waals surface area contributed by atoms with E-state index in [1.807, 2.05) is 26.1 Å². The Kier molecular flexibility index (Phi) is 5.77. The average Bonchev–Trinajstić information content (AvgIpc) is 3.27. The van der Waals surface area contributed by atoms with Gasteiger partial charge in [-0.15, -0.1) is 0 Å². The standard InChI is InChI=1S/C22H29N5O2/c1-16-17(13-23-26(16)6)14-25(5)21(28)20-11-12-27(24-20)15-29-19-9-7-18(8-10-19)22(2,3)4/h7-13H,14-15H2,1-6H3. The Morgan fingerprint density at radius 3 is 2.45 bits per heavy atom. The average molecular weight is 396 g/mol. The first kappa shape index (κ1) is 20.6. The summed E-state index contributed by atoms with van der Waals surface area (Å²) in [7, 11) is 3.65. The topological polar surface area (TPSA) is 65.2 Å². The van der Waals surface area contributed by atoms with E-state index < -0.39 is 0 Å². The first-order valence-corrected chi connectivity index (χ1v) is 9.65. The Morgan fingerprint density at radius 2 is 1.86 bits per heavy atom. The van der Waals surface area contributed by atoms with Gasteiger partial charge >= 0.3 is 0 Å². The van der Waals surface area contributed by atoms with Crippen LogP contribution in [0.2, 0.25) is 0 Å². The number of hydrogen-bond donors (Lipinski definition) is 0. The van der Waals surface area contributed by atoms with Crippen molar-refractivity contribution in [3.8, 4) is 5.75 Å². The fraction of sp³-hybridized carbons (Fsp3) is 0.409. The van der Waals surface area contributed by atoms with Crippen molar-refractivity contribution in [1.29, 1.82) is 0 Å². The molecule has 29 heavy (non-hydrogen) atoms. The zero-order valence-electron chi connectivity index (χ0n) is 18.0. The number of carbonyl (C=O) groups is 1. The van der Waals surface area contributed by atoms with Crippen molar-refractivity contribution in [2.45, 2.75) is 46.4 Å². The van der Waals surface area contributed by atoms with E-state index in [1.165, 1.54) is 5.56 Å². The second-order valence-corrected chi connectivity index (χ2v) is 8.33. The number of rotatable bonds is 6. The molecule has 0 aliphatic heterocycles. The van der Waals surface area contributed by atoms with Crippen molar-refractivity contribution < 1.29 is 9.53 Å². The molecule has 2 heterocycles. The molecule has 7 nitrogen and oxygen atoms in total. The quantitative estimate of drug-likeness (QED) is 0.640. The van der Waals surface area contributed by atoms with Crippen LogP contribution in [0.15, 0.2) is 42.7 Å². The van der Waals surface area contributed by atoms with E-state index in [0.29, 0.717) is 12.2 Å². The molecule has 3 aromatic rings. The fourth-order valence-corrected chi connectivity index (χ4v) is 2.96. The van der Waals surface area contributed by atoms with Gasteiger partial charge in [0.2, 0.25) is 0 Å². The lowest BCUT2D eigenvalue weighted by Crippen LogP contribution is -2.27. The van der Waals surface area contributed by atoms with E-state index in [-0.39, 0.29) is 18.1 Å². The summed E-state index contributed by atoms with van der Waals surface area (Å²) in [6.07, 6.45) is 3.54. The van der Waals surface area contributed by atoms with E-state index in [2.05, 4.69) is 43.1 Å². The molecule has 0 fully saturated rings. The van der Waals surface area contributed by atoms with E-state index in [4.69, 9.17) is 4.74 Å². The number of benzene rings is 1. The van der Waals surface area contributed by atoms with Crippen LogP contribution in [0.3, 0.4) is 0 Å². The highest BCUT2D eigenvalue weighted by atomic mass is 16.5. The number of aryl methyl sites for hydroxylation is 1. The summed E-state index contributed by atoms with van der Waals surface area (Å²) in [5.41, 5.74) is 3.81. The molecule has 0 atom stereocenters. The first-order valence-electron chi connectivity index (χ1n) is 9.65. The predicted octanol–water partition coefficient (Wildman–Crippen LogP) is 3.53. The maximum atomic E-state index is 12.7. The molecule has 3 rings (SSSR count). The minimum atomic E-state index is -0.137. The van der Waals surface area contributed by atoms with Gasteiger partial charge < -0.3 is 9.64 Å². The van der Waals surface area contributed by atoms with Crippen LogP contribution in [0.25, 0.3) is 0 Å². The van der Waals surface area contributed by atoms with Gasteiger partial charge in [-0.2, -0.15) is 10.2 Å². The summed E-state index contributed by atoms with van der Waals surface area (Å²) < 4.78 is 9.21. The van der Waals surface area contributed by atoms with Gasteiger partial charge in [-0.3, -0.25) is 9.48 Å². The molecule has 1 amide bonds. The van der Waals surface area contributed by atoms with E-state index in [1.54, 1.807) is 39.8 Å². The second kappa shape index (κ2) is 8.11. The van der Waals surface area contributed by atoms with Crippen LogP contribution in [0, 0.1) is 6.92 Å². The minimum Gasteiger partial charge on any atom is -0.471 e. The first-order chi connectivity index (χ1) is 13.6. The maximum Gasteiger partial charge on any atom is 0.274 e. The second-order valence-electron chi connectivity index (χ2n) is 8.33. The lowest BCUT2D eigenvalue weighted by Gasteiger charge is -2.19. The Bertz CT molecular complexity index is 980. The van der Waals surface area contributed by atoms with Crippen LogP contribution in [-0.2, 0) is 25.7 Å². The zero-order valence-corrected chi connectivity index (χ0v) is 18.0. The van der Waals surface area contributed by atoms with Gasteiger partial charge in [0.15, 0.2) is 12.4 Å². The minimum absolute atomic E-state index is 0.107. The number of aromatic nitrogens is 4. The van der Waals surface area contributed by atoms with Crippen LogP contribution >= 0.6 is 0 Å². The molecule has 0 unspecified atom stereocenters. The normalized spacial score (nSPS) is 11.5. The highest BCUT2D eigenvalue weighted by Crippen LogP contribution is 2.24. The van der Waals surface area contributed by atoms with Crippen molar-refractivity contribution in [1.82, 2.24) is 24.5 Å². The van der Waals surface area contributed by atoms with Crippen molar-refractivity contribution in [2.24, 2.45) is 7.05 Å². The summed E-state index contributed by atoms with van der Waals surface area (Å²) in [5, 5.41) is 8.57. The third-order valence-electron chi connectivity index (χ3n) is 5.03. The number of carbonyl (C=O) groups excluding carboxylic acids is 1. The van der Waals surface area contributed by atoms with Gasteiger partial charge in [-0.05, 0) is 36.1 Å². The summed E-state index contributed by atoms with van der Waals surface area (Å²) in [6, 6.07) is 9.77. The molecule has 154 valence electrons. The molecule has 2 aromatic heterocycles. The van der Waals surface area contributed by atoms with Gasteiger partial charge in [-0.25, -0.2) is 4.68 Å². The lowest BCUT2D eigenvalue weighted by atomic mass is 9.87. The SMILES string of the molecule is Cc1c(CN(C)C(=O)c2ccn(COc3ccc(C(C)(C)C)cc3)n2)cnn1C. The van der Waals surface area contributed by atoms with Gasteiger partial charge in [0.25, 0.3) is 5.91 Å². The number of amides is 1. The molecule has 0 aliphatic rings. The third-order valence-corrected chi connectivity index (χ3v) is 5.03. The highest BCUT2D eigenvalue weighted by molar-refractivity contribution is 5.91. The predicted molar refractivity (Wildman–Crippen MR) is 112 cm³/mol. The van der Waals surface area contributed by atoms with Gasteiger partial charge in [0.05, 0.1) is 6.20 Å². The molecular formula is C22H29N5O2. The fourth-order valence-electron chi connectivity index (χ4n) is 2.96. The maximum absolute atomic E-state index is 12.7. The molecule has 1 aromatic carbocycles. The molecule has 0 radical (unpaired) electrons. The molecule has 0 bridgehead atoms. The van der Waals surface area contributed by atoms with Crippen molar-refractivity contribution in [3.63, 3.8) is 0 Å². The van der Waals surface area contributed by atoms with Crippen LogP contribution < -0.4 is 4.74 Å². The summed E-state index contributed by atoms with van der Waals surface area (Å²) >= 11 is 0. The van der Waals surface area contributed by atoms with Crippen LogP contribution in [0.5, 0.6) is 5.75 Å². The summed E-state index contributed by atoms with van der Waals surface area (Å²) in [5.74, 6) is 0.632. The zero-order chi connectivity index (χ0) is 21.2. The largest absolute Gasteiger partial charge is 0.471 e.